The Morgan fingerprint density at radius 2 is 2.00 bits per heavy atom. The summed E-state index contributed by atoms with van der Waals surface area (Å²) in [6.07, 6.45) is 3.01. The Kier molecular flexibility index (Phi) is 4.52. The highest BCUT2D eigenvalue weighted by molar-refractivity contribution is 7.89. The van der Waals surface area contributed by atoms with Gasteiger partial charge in [0.1, 0.15) is 0 Å². The first kappa shape index (κ1) is 16.2. The fourth-order valence-electron chi connectivity index (χ4n) is 2.60. The summed E-state index contributed by atoms with van der Waals surface area (Å²) < 4.78 is 27.5. The van der Waals surface area contributed by atoms with Crippen molar-refractivity contribution in [2.75, 3.05) is 6.54 Å². The summed E-state index contributed by atoms with van der Waals surface area (Å²) in [4.78, 5) is 9.89. The third-order valence-electron chi connectivity index (χ3n) is 3.71. The van der Waals surface area contributed by atoms with Crippen LogP contribution in [0, 0.1) is 10.1 Å². The summed E-state index contributed by atoms with van der Waals surface area (Å²) in [7, 11) is -4.04. The molecule has 116 valence electrons. The van der Waals surface area contributed by atoms with Crippen LogP contribution in [0.5, 0.6) is 0 Å². The number of hydrogen-bond donors (Lipinski definition) is 2. The largest absolute Gasteiger partial charge is 0.329 e. The van der Waals surface area contributed by atoms with Crippen molar-refractivity contribution in [2.24, 2.45) is 5.73 Å². The van der Waals surface area contributed by atoms with Crippen LogP contribution in [0.15, 0.2) is 23.1 Å². The second kappa shape index (κ2) is 5.88. The van der Waals surface area contributed by atoms with E-state index in [0.717, 1.165) is 25.0 Å². The van der Waals surface area contributed by atoms with Crippen molar-refractivity contribution in [1.82, 2.24) is 4.72 Å². The maximum absolute atomic E-state index is 12.5. The van der Waals surface area contributed by atoms with Gasteiger partial charge in [-0.05, 0) is 25.0 Å². The van der Waals surface area contributed by atoms with Crippen molar-refractivity contribution < 1.29 is 13.3 Å². The van der Waals surface area contributed by atoms with Crippen LogP contribution in [0.2, 0.25) is 5.02 Å². The molecule has 21 heavy (non-hydrogen) atoms. The maximum Gasteiger partial charge on any atom is 0.290 e. The van der Waals surface area contributed by atoms with E-state index >= 15 is 0 Å². The summed E-state index contributed by atoms with van der Waals surface area (Å²) in [5.74, 6) is 0. The number of rotatable bonds is 5. The highest BCUT2D eigenvalue weighted by Gasteiger charge is 2.38. The number of nitro groups is 1. The summed E-state index contributed by atoms with van der Waals surface area (Å²) in [6.45, 7) is 0.160. The molecule has 0 bridgehead atoms. The number of sulfonamides is 1. The third-order valence-corrected chi connectivity index (χ3v) is 5.57. The van der Waals surface area contributed by atoms with Crippen LogP contribution >= 0.6 is 11.6 Å². The van der Waals surface area contributed by atoms with Gasteiger partial charge in [0.25, 0.3) is 5.69 Å². The van der Waals surface area contributed by atoms with E-state index in [-0.39, 0.29) is 11.6 Å². The molecule has 0 heterocycles. The highest BCUT2D eigenvalue weighted by Crippen LogP contribution is 2.33. The van der Waals surface area contributed by atoms with Crippen molar-refractivity contribution in [3.05, 3.63) is 33.3 Å². The van der Waals surface area contributed by atoms with Gasteiger partial charge in [0.2, 0.25) is 10.0 Å². The molecule has 2 rings (SSSR count). The Balaban J connectivity index is 2.42. The van der Waals surface area contributed by atoms with Gasteiger partial charge in [0, 0.05) is 23.2 Å². The van der Waals surface area contributed by atoms with Gasteiger partial charge >= 0.3 is 0 Å². The Bertz CT molecular complexity index is 656. The molecule has 0 aromatic heterocycles. The fraction of sp³-hybridized carbons (Fsp3) is 0.500. The summed E-state index contributed by atoms with van der Waals surface area (Å²) in [6, 6.07) is 3.48. The minimum Gasteiger partial charge on any atom is -0.329 e. The summed E-state index contributed by atoms with van der Waals surface area (Å²) in [5.41, 5.74) is 4.44. The molecule has 0 amide bonds. The molecule has 1 aliphatic rings. The number of halogens is 1. The van der Waals surface area contributed by atoms with Gasteiger partial charge in [-0.3, -0.25) is 10.1 Å². The molecule has 9 heteroatoms. The monoisotopic (exact) mass is 333 g/mol. The summed E-state index contributed by atoms with van der Waals surface area (Å²) >= 11 is 5.70. The van der Waals surface area contributed by atoms with Crippen molar-refractivity contribution in [3.63, 3.8) is 0 Å². The van der Waals surface area contributed by atoms with Gasteiger partial charge in [-0.2, -0.15) is 0 Å². The van der Waals surface area contributed by atoms with Crippen LogP contribution in [-0.2, 0) is 10.0 Å². The van der Waals surface area contributed by atoms with E-state index in [1.807, 2.05) is 0 Å². The van der Waals surface area contributed by atoms with Crippen LogP contribution in [0.4, 0.5) is 5.69 Å². The lowest BCUT2D eigenvalue weighted by Crippen LogP contribution is -2.51. The number of nitrogens with zero attached hydrogens (tertiary/aromatic N) is 1. The predicted octanol–water partition coefficient (Wildman–Crippen LogP) is 1.80. The Morgan fingerprint density at radius 3 is 2.52 bits per heavy atom. The number of benzene rings is 1. The lowest BCUT2D eigenvalue weighted by Gasteiger charge is -2.28. The molecule has 0 saturated heterocycles. The number of nitrogens with two attached hydrogens (primary N) is 1. The van der Waals surface area contributed by atoms with Gasteiger partial charge in [0.15, 0.2) is 4.90 Å². The van der Waals surface area contributed by atoms with Crippen LogP contribution in [0.25, 0.3) is 0 Å². The lowest BCUT2D eigenvalue weighted by atomic mass is 10.0. The van der Waals surface area contributed by atoms with Crippen molar-refractivity contribution >= 4 is 27.3 Å². The fourth-order valence-corrected chi connectivity index (χ4v) is 4.39. The molecule has 0 aliphatic heterocycles. The van der Waals surface area contributed by atoms with Crippen LogP contribution in [0.1, 0.15) is 25.7 Å². The van der Waals surface area contributed by atoms with Crippen molar-refractivity contribution in [3.8, 4) is 0 Å². The Hall–Kier alpha value is -1.22. The second-order valence-electron chi connectivity index (χ2n) is 5.17. The molecule has 7 nitrogen and oxygen atoms in total. The smallest absolute Gasteiger partial charge is 0.290 e. The Morgan fingerprint density at radius 1 is 1.38 bits per heavy atom. The van der Waals surface area contributed by atoms with E-state index in [1.165, 1.54) is 6.07 Å². The van der Waals surface area contributed by atoms with Gasteiger partial charge in [-0.1, -0.05) is 24.4 Å². The standard InChI is InChI=1S/C12H16ClN3O4S/c13-9-3-4-11(10(7-9)16(17)18)21(19,20)15-12(8-14)5-1-2-6-12/h3-4,7,15H,1-2,5-6,8,14H2. The van der Waals surface area contributed by atoms with Gasteiger partial charge in [0.05, 0.1) is 4.92 Å². The van der Waals surface area contributed by atoms with Crippen LogP contribution in [0.3, 0.4) is 0 Å². The number of nitrogens with one attached hydrogen (secondary N) is 1. The molecule has 1 aliphatic carbocycles. The minimum absolute atomic E-state index is 0.107. The SMILES string of the molecule is NCC1(NS(=O)(=O)c2ccc(Cl)cc2[N+](=O)[O-])CCCC1. The van der Waals surface area contributed by atoms with Gasteiger partial charge < -0.3 is 5.73 Å². The lowest BCUT2D eigenvalue weighted by molar-refractivity contribution is -0.387. The first-order valence-electron chi connectivity index (χ1n) is 6.48. The molecule has 1 aromatic rings. The molecular formula is C12H16ClN3O4S. The first-order valence-corrected chi connectivity index (χ1v) is 8.34. The molecular weight excluding hydrogens is 318 g/mol. The van der Waals surface area contributed by atoms with E-state index < -0.39 is 31.1 Å². The molecule has 3 N–H and O–H groups in total. The number of nitro benzene ring substituents is 1. The molecule has 1 fully saturated rings. The first-order chi connectivity index (χ1) is 9.80. The summed E-state index contributed by atoms with van der Waals surface area (Å²) in [5, 5.41) is 11.1. The third kappa shape index (κ3) is 3.34. The topological polar surface area (TPSA) is 115 Å². The molecule has 1 saturated carbocycles. The molecule has 1 aromatic carbocycles. The van der Waals surface area contributed by atoms with Crippen LogP contribution < -0.4 is 10.5 Å². The van der Waals surface area contributed by atoms with E-state index in [1.54, 1.807) is 0 Å². The van der Waals surface area contributed by atoms with E-state index in [0.29, 0.717) is 12.8 Å². The Labute approximate surface area is 127 Å². The molecule has 0 spiro atoms. The normalized spacial score (nSPS) is 17.8. The highest BCUT2D eigenvalue weighted by atomic mass is 35.5. The number of hydrogen-bond acceptors (Lipinski definition) is 5. The van der Waals surface area contributed by atoms with Crippen molar-refractivity contribution in [2.45, 2.75) is 36.1 Å². The van der Waals surface area contributed by atoms with Crippen molar-refractivity contribution in [1.29, 1.82) is 0 Å². The molecule has 0 radical (unpaired) electrons. The van der Waals surface area contributed by atoms with Crippen LogP contribution in [-0.4, -0.2) is 25.4 Å². The van der Waals surface area contributed by atoms with Gasteiger partial charge in [-0.15, -0.1) is 0 Å². The predicted molar refractivity (Wildman–Crippen MR) is 78.7 cm³/mol. The van der Waals surface area contributed by atoms with E-state index in [2.05, 4.69) is 4.72 Å². The minimum atomic E-state index is -4.04. The zero-order valence-electron chi connectivity index (χ0n) is 11.2. The molecule has 0 unspecified atom stereocenters. The zero-order chi connectivity index (χ0) is 15.7. The van der Waals surface area contributed by atoms with E-state index in [4.69, 9.17) is 17.3 Å². The van der Waals surface area contributed by atoms with Gasteiger partial charge in [-0.25, -0.2) is 13.1 Å². The average Bonchev–Trinajstić information content (AvgIpc) is 2.86. The quantitative estimate of drug-likeness (QED) is 0.629. The second-order valence-corrected chi connectivity index (χ2v) is 7.25. The zero-order valence-corrected chi connectivity index (χ0v) is 12.8. The van der Waals surface area contributed by atoms with E-state index in [9.17, 15) is 18.5 Å². The molecule has 0 atom stereocenters. The maximum atomic E-state index is 12.5. The average molecular weight is 334 g/mol.